The van der Waals surface area contributed by atoms with Crippen LogP contribution in [-0.4, -0.2) is 42.0 Å². The average molecular weight is 293 g/mol. The van der Waals surface area contributed by atoms with Gasteiger partial charge in [-0.1, -0.05) is 0 Å². The van der Waals surface area contributed by atoms with Crippen molar-refractivity contribution in [3.8, 4) is 0 Å². The first-order chi connectivity index (χ1) is 8.97. The Balaban J connectivity index is 2.78. The zero-order valence-corrected chi connectivity index (χ0v) is 11.3. The molecule has 0 aliphatic carbocycles. The van der Waals surface area contributed by atoms with Crippen LogP contribution in [0.25, 0.3) is 0 Å². The molecule has 0 bridgehead atoms. The van der Waals surface area contributed by atoms with Gasteiger partial charge in [0.25, 0.3) is 12.3 Å². The number of nitrogen functional groups attached to an aromatic ring is 1. The van der Waals surface area contributed by atoms with Crippen molar-refractivity contribution in [2.45, 2.75) is 19.9 Å². The van der Waals surface area contributed by atoms with E-state index in [2.05, 4.69) is 0 Å². The van der Waals surface area contributed by atoms with Crippen LogP contribution < -0.4 is 11.3 Å². The van der Waals surface area contributed by atoms with Crippen LogP contribution >= 0.6 is 11.3 Å². The second-order valence-corrected chi connectivity index (χ2v) is 5.27. The highest BCUT2D eigenvalue weighted by Crippen LogP contribution is 2.23. The monoisotopic (exact) mass is 293 g/mol. The lowest BCUT2D eigenvalue weighted by molar-refractivity contribution is 0.0745. The summed E-state index contributed by atoms with van der Waals surface area (Å²) in [6, 6.07) is 1.64. The van der Waals surface area contributed by atoms with Gasteiger partial charge in [0.2, 0.25) is 0 Å². The molecule has 1 rings (SSSR count). The first-order valence-electron chi connectivity index (χ1n) is 5.69. The van der Waals surface area contributed by atoms with Gasteiger partial charge in [-0.15, -0.1) is 11.3 Å². The molecule has 4 N–H and O–H groups in total. The minimum atomic E-state index is -2.46. The number of aryl methyl sites for hydroxylation is 1. The molecule has 0 aromatic carbocycles. The Morgan fingerprint density at radius 3 is 2.84 bits per heavy atom. The number of hydrogen-bond acceptors (Lipinski definition) is 5. The molecule has 1 aromatic rings. The van der Waals surface area contributed by atoms with Crippen LogP contribution in [0.5, 0.6) is 0 Å². The molecular weight excluding hydrogens is 276 g/mol. The number of hydrazine groups is 1. The number of carbonyl (C=O) groups is 1. The van der Waals surface area contributed by atoms with E-state index in [-0.39, 0.29) is 19.7 Å². The fourth-order valence-electron chi connectivity index (χ4n) is 1.67. The fourth-order valence-corrected chi connectivity index (χ4v) is 2.61. The summed E-state index contributed by atoms with van der Waals surface area (Å²) in [5.41, 5.74) is 2.82. The Kier molecular flexibility index (Phi) is 6.29. The van der Waals surface area contributed by atoms with E-state index in [0.29, 0.717) is 4.88 Å². The Bertz CT molecular complexity index is 426. The van der Waals surface area contributed by atoms with Crippen molar-refractivity contribution in [1.82, 2.24) is 10.3 Å². The van der Waals surface area contributed by atoms with Crippen LogP contribution in [-0.2, 0) is 6.54 Å². The van der Waals surface area contributed by atoms with Gasteiger partial charge in [-0.3, -0.25) is 15.1 Å². The summed E-state index contributed by atoms with van der Waals surface area (Å²) in [6.07, 6.45) is -2.46. The molecule has 0 aliphatic heterocycles. The molecule has 0 fully saturated rings. The van der Waals surface area contributed by atoms with Gasteiger partial charge >= 0.3 is 0 Å². The van der Waals surface area contributed by atoms with Crippen LogP contribution in [0.15, 0.2) is 6.07 Å². The van der Waals surface area contributed by atoms with Gasteiger partial charge in [0.1, 0.15) is 0 Å². The number of hydrogen-bond donors (Lipinski definition) is 3. The van der Waals surface area contributed by atoms with Crippen molar-refractivity contribution in [2.24, 2.45) is 5.84 Å². The smallest absolute Gasteiger partial charge is 0.275 e. The maximum Gasteiger partial charge on any atom is 0.275 e. The summed E-state index contributed by atoms with van der Waals surface area (Å²) in [5.74, 6) is 4.64. The summed E-state index contributed by atoms with van der Waals surface area (Å²) >= 11 is 1.26. The number of thiophene rings is 1. The molecule has 1 amide bonds. The van der Waals surface area contributed by atoms with Crippen molar-refractivity contribution in [1.29, 1.82) is 0 Å². The van der Waals surface area contributed by atoms with Crippen molar-refractivity contribution in [3.05, 3.63) is 21.4 Å². The molecule has 8 heteroatoms. The van der Waals surface area contributed by atoms with Crippen LogP contribution in [0.2, 0.25) is 0 Å². The molecule has 0 aliphatic rings. The average Bonchev–Trinajstić information content (AvgIpc) is 2.69. The summed E-state index contributed by atoms with van der Waals surface area (Å²) < 4.78 is 24.8. The number of carbonyl (C=O) groups excluding carboxylic acids is 1. The topological polar surface area (TPSA) is 78.6 Å². The Morgan fingerprint density at radius 1 is 1.63 bits per heavy atom. The van der Waals surface area contributed by atoms with E-state index in [1.54, 1.807) is 6.07 Å². The van der Waals surface area contributed by atoms with Crippen molar-refractivity contribution in [3.63, 3.8) is 0 Å². The first-order valence-corrected chi connectivity index (χ1v) is 6.51. The van der Waals surface area contributed by atoms with E-state index in [4.69, 9.17) is 10.9 Å². The third kappa shape index (κ3) is 4.83. The van der Waals surface area contributed by atoms with Gasteiger partial charge in [0.15, 0.2) is 0 Å². The van der Waals surface area contributed by atoms with Crippen molar-refractivity contribution < 1.29 is 18.7 Å². The minimum Gasteiger partial charge on any atom is -0.395 e. The van der Waals surface area contributed by atoms with E-state index >= 15 is 0 Å². The van der Waals surface area contributed by atoms with Gasteiger partial charge in [0, 0.05) is 18.0 Å². The lowest BCUT2D eigenvalue weighted by Crippen LogP contribution is -2.31. The zero-order chi connectivity index (χ0) is 14.4. The molecule has 0 spiro atoms. The number of halogens is 2. The Hall–Kier alpha value is -1.09. The summed E-state index contributed by atoms with van der Waals surface area (Å²) in [7, 11) is 0. The second kappa shape index (κ2) is 7.49. The largest absolute Gasteiger partial charge is 0.395 e. The number of nitrogens with one attached hydrogen (secondary N) is 1. The third-order valence-electron chi connectivity index (χ3n) is 2.58. The number of alkyl halides is 2. The number of rotatable bonds is 7. The normalized spacial score (nSPS) is 11.3. The number of nitrogens with two attached hydrogens (primary N) is 1. The Labute approximate surface area is 114 Å². The van der Waals surface area contributed by atoms with Gasteiger partial charge < -0.3 is 5.11 Å². The van der Waals surface area contributed by atoms with Crippen LogP contribution in [0, 0.1) is 6.92 Å². The third-order valence-corrected chi connectivity index (χ3v) is 3.67. The van der Waals surface area contributed by atoms with E-state index in [0.717, 1.165) is 10.4 Å². The number of aliphatic hydroxyl groups excluding tert-OH is 1. The predicted octanol–water partition coefficient (Wildman–Crippen LogP) is 0.719. The van der Waals surface area contributed by atoms with Gasteiger partial charge in [-0.25, -0.2) is 14.6 Å². The second-order valence-electron chi connectivity index (χ2n) is 4.02. The van der Waals surface area contributed by atoms with Gasteiger partial charge in [-0.05, 0) is 18.6 Å². The molecule has 1 heterocycles. The molecule has 1 aromatic heterocycles. The molecule has 0 radical (unpaired) electrons. The molecular formula is C11H17F2N3O2S. The van der Waals surface area contributed by atoms with Crippen LogP contribution in [0.4, 0.5) is 8.78 Å². The van der Waals surface area contributed by atoms with Crippen molar-refractivity contribution >= 4 is 17.2 Å². The van der Waals surface area contributed by atoms with E-state index < -0.39 is 18.9 Å². The highest BCUT2D eigenvalue weighted by molar-refractivity contribution is 7.14. The maximum atomic E-state index is 12.4. The van der Waals surface area contributed by atoms with E-state index in [1.807, 2.05) is 12.3 Å². The number of aliphatic hydroxyl groups is 1. The van der Waals surface area contributed by atoms with Crippen molar-refractivity contribution in [2.75, 3.05) is 19.7 Å². The highest BCUT2D eigenvalue weighted by Gasteiger charge is 2.16. The number of nitrogens with zero attached hydrogens (tertiary/aromatic N) is 1. The SMILES string of the molecule is Cc1sc(C(=O)NN)cc1CN(CCO)CC(F)F. The molecule has 108 valence electrons. The molecule has 0 saturated carbocycles. The highest BCUT2D eigenvalue weighted by atomic mass is 32.1. The lowest BCUT2D eigenvalue weighted by atomic mass is 10.2. The van der Waals surface area contributed by atoms with E-state index in [1.165, 1.54) is 16.2 Å². The van der Waals surface area contributed by atoms with Gasteiger partial charge in [0.05, 0.1) is 18.0 Å². The molecule has 5 nitrogen and oxygen atoms in total. The minimum absolute atomic E-state index is 0.165. The summed E-state index contributed by atoms with van der Waals surface area (Å²) in [6.45, 7) is 1.65. The van der Waals surface area contributed by atoms with E-state index in [9.17, 15) is 13.6 Å². The molecule has 0 saturated heterocycles. The Morgan fingerprint density at radius 2 is 2.32 bits per heavy atom. The zero-order valence-electron chi connectivity index (χ0n) is 10.5. The first kappa shape index (κ1) is 16.0. The van der Waals surface area contributed by atoms with Gasteiger partial charge in [-0.2, -0.15) is 0 Å². The van der Waals surface area contributed by atoms with Crippen LogP contribution in [0.1, 0.15) is 20.1 Å². The molecule has 0 unspecified atom stereocenters. The molecule has 0 atom stereocenters. The molecule has 19 heavy (non-hydrogen) atoms. The summed E-state index contributed by atoms with van der Waals surface area (Å²) in [4.78, 5) is 14.1. The standard InChI is InChI=1S/C11H17F2N3O2S/c1-7-8(4-9(19-7)11(18)15-14)5-16(2-3-17)6-10(12)13/h4,10,17H,2-3,5-6,14H2,1H3,(H,15,18). The quantitative estimate of drug-likeness (QED) is 0.393. The number of amides is 1. The predicted molar refractivity (Wildman–Crippen MR) is 69.1 cm³/mol. The fraction of sp³-hybridized carbons (Fsp3) is 0.545. The van der Waals surface area contributed by atoms with Crippen LogP contribution in [0.3, 0.4) is 0 Å². The summed E-state index contributed by atoms with van der Waals surface area (Å²) in [5, 5.41) is 8.86. The lowest BCUT2D eigenvalue weighted by Gasteiger charge is -2.20. The maximum absolute atomic E-state index is 12.4.